The first-order chi connectivity index (χ1) is 12.2. The number of ether oxygens (including phenoxy) is 2. The Morgan fingerprint density at radius 1 is 1.16 bits per heavy atom. The highest BCUT2D eigenvalue weighted by atomic mass is 19.1. The van der Waals surface area contributed by atoms with Crippen molar-refractivity contribution in [3.63, 3.8) is 0 Å². The highest BCUT2D eigenvalue weighted by Crippen LogP contribution is 2.30. The second kappa shape index (κ2) is 7.88. The summed E-state index contributed by atoms with van der Waals surface area (Å²) >= 11 is 0. The second-order valence-corrected chi connectivity index (χ2v) is 5.84. The average molecular weight is 344 g/mol. The Morgan fingerprint density at radius 2 is 1.88 bits per heavy atom. The van der Waals surface area contributed by atoms with E-state index in [1.54, 1.807) is 24.3 Å². The van der Waals surface area contributed by atoms with Crippen molar-refractivity contribution in [2.24, 2.45) is 0 Å². The van der Waals surface area contributed by atoms with E-state index in [4.69, 9.17) is 9.47 Å². The zero-order valence-electron chi connectivity index (χ0n) is 14.1. The fraction of sp³-hybridized carbons (Fsp3) is 0.316. The van der Waals surface area contributed by atoms with Crippen molar-refractivity contribution in [3.8, 4) is 11.5 Å². The van der Waals surface area contributed by atoms with E-state index in [-0.39, 0.29) is 18.3 Å². The molecular formula is C19H21FN2O3. The summed E-state index contributed by atoms with van der Waals surface area (Å²) in [5.74, 6) is 0.304. The first-order valence-electron chi connectivity index (χ1n) is 8.27. The topological polar surface area (TPSA) is 50.8 Å². The number of nitrogens with one attached hydrogen (secondary N) is 1. The van der Waals surface area contributed by atoms with Crippen LogP contribution in [-0.4, -0.2) is 32.7 Å². The van der Waals surface area contributed by atoms with E-state index in [9.17, 15) is 9.18 Å². The summed E-state index contributed by atoms with van der Waals surface area (Å²) in [5.41, 5.74) is 1.31. The van der Waals surface area contributed by atoms with Gasteiger partial charge in [0.1, 0.15) is 5.82 Å². The molecule has 0 bridgehead atoms. The summed E-state index contributed by atoms with van der Waals surface area (Å²) in [6, 6.07) is 11.6. The molecule has 1 heterocycles. The summed E-state index contributed by atoms with van der Waals surface area (Å²) in [6.45, 7) is 1.63. The number of hydrogen-bond donors (Lipinski definition) is 1. The van der Waals surface area contributed by atoms with Gasteiger partial charge >= 0.3 is 0 Å². The minimum Gasteiger partial charge on any atom is -0.493 e. The number of amides is 1. The molecule has 132 valence electrons. The summed E-state index contributed by atoms with van der Waals surface area (Å²) in [7, 11) is 1.54. The van der Waals surface area contributed by atoms with Crippen LogP contribution in [0.2, 0.25) is 0 Å². The van der Waals surface area contributed by atoms with Crippen LogP contribution >= 0.6 is 0 Å². The van der Waals surface area contributed by atoms with Gasteiger partial charge in [-0.25, -0.2) is 4.39 Å². The Kier molecular flexibility index (Phi) is 5.38. The van der Waals surface area contributed by atoms with Gasteiger partial charge in [0, 0.05) is 13.1 Å². The number of benzene rings is 2. The number of halogens is 1. The van der Waals surface area contributed by atoms with E-state index in [1.807, 2.05) is 6.07 Å². The van der Waals surface area contributed by atoms with Gasteiger partial charge in [-0.15, -0.1) is 0 Å². The van der Waals surface area contributed by atoms with E-state index in [0.717, 1.165) is 31.6 Å². The van der Waals surface area contributed by atoms with Crippen LogP contribution in [0, 0.1) is 5.82 Å². The number of carbonyl (C=O) groups excluding carboxylic acids is 1. The second-order valence-electron chi connectivity index (χ2n) is 5.84. The minimum absolute atomic E-state index is 0.184. The molecule has 2 aromatic rings. The normalized spacial score (nSPS) is 13.6. The SMILES string of the molecule is COc1ccccc1OCC(=O)Nc1cc(F)ccc1N1CCCC1. The molecule has 0 saturated carbocycles. The third-order valence-corrected chi connectivity index (χ3v) is 4.11. The molecule has 1 aliphatic heterocycles. The first kappa shape index (κ1) is 17.1. The molecule has 1 fully saturated rings. The molecule has 1 amide bonds. The number of methoxy groups -OCH3 is 1. The van der Waals surface area contributed by atoms with Crippen molar-refractivity contribution in [3.05, 3.63) is 48.3 Å². The molecule has 0 aromatic heterocycles. The lowest BCUT2D eigenvalue weighted by molar-refractivity contribution is -0.118. The molecule has 3 rings (SSSR count). The van der Waals surface area contributed by atoms with Crippen LogP contribution in [0.25, 0.3) is 0 Å². The Balaban J connectivity index is 1.67. The zero-order chi connectivity index (χ0) is 17.6. The predicted octanol–water partition coefficient (Wildman–Crippen LogP) is 3.45. The van der Waals surface area contributed by atoms with Crippen LogP contribution in [0.3, 0.4) is 0 Å². The predicted molar refractivity (Wildman–Crippen MR) is 95.0 cm³/mol. The van der Waals surface area contributed by atoms with E-state index in [1.165, 1.54) is 19.2 Å². The molecule has 2 aromatic carbocycles. The number of anilines is 2. The fourth-order valence-electron chi connectivity index (χ4n) is 2.91. The summed E-state index contributed by atoms with van der Waals surface area (Å²) in [5, 5.41) is 2.75. The van der Waals surface area contributed by atoms with Gasteiger partial charge in [-0.05, 0) is 43.2 Å². The third kappa shape index (κ3) is 4.21. The monoisotopic (exact) mass is 344 g/mol. The molecule has 1 aliphatic rings. The quantitative estimate of drug-likeness (QED) is 0.872. The van der Waals surface area contributed by atoms with E-state index in [0.29, 0.717) is 17.2 Å². The van der Waals surface area contributed by atoms with Crippen molar-refractivity contribution >= 4 is 17.3 Å². The van der Waals surface area contributed by atoms with Crippen LogP contribution in [0.4, 0.5) is 15.8 Å². The van der Waals surface area contributed by atoms with Crippen LogP contribution < -0.4 is 19.7 Å². The molecule has 1 N–H and O–H groups in total. The molecule has 0 unspecified atom stereocenters. The molecule has 6 heteroatoms. The average Bonchev–Trinajstić information content (AvgIpc) is 3.14. The highest BCUT2D eigenvalue weighted by molar-refractivity contribution is 5.95. The Labute approximate surface area is 146 Å². The molecule has 0 aliphatic carbocycles. The van der Waals surface area contributed by atoms with Crippen molar-refractivity contribution in [2.75, 3.05) is 37.0 Å². The van der Waals surface area contributed by atoms with Crippen molar-refractivity contribution in [1.82, 2.24) is 0 Å². The third-order valence-electron chi connectivity index (χ3n) is 4.11. The van der Waals surface area contributed by atoms with Crippen molar-refractivity contribution in [1.29, 1.82) is 0 Å². The minimum atomic E-state index is -0.385. The molecule has 0 atom stereocenters. The molecule has 5 nitrogen and oxygen atoms in total. The van der Waals surface area contributed by atoms with E-state index >= 15 is 0 Å². The lowest BCUT2D eigenvalue weighted by Crippen LogP contribution is -2.24. The maximum atomic E-state index is 13.6. The Morgan fingerprint density at radius 3 is 2.60 bits per heavy atom. The highest BCUT2D eigenvalue weighted by Gasteiger charge is 2.18. The number of hydrogen-bond acceptors (Lipinski definition) is 4. The number of para-hydroxylation sites is 2. The van der Waals surface area contributed by atoms with Gasteiger partial charge in [0.15, 0.2) is 18.1 Å². The van der Waals surface area contributed by atoms with Crippen LogP contribution in [-0.2, 0) is 4.79 Å². The molecule has 1 saturated heterocycles. The summed E-state index contributed by atoms with van der Waals surface area (Å²) < 4.78 is 24.3. The molecule has 0 spiro atoms. The summed E-state index contributed by atoms with van der Waals surface area (Å²) in [6.07, 6.45) is 2.20. The van der Waals surface area contributed by atoms with Gasteiger partial charge in [0.05, 0.1) is 18.5 Å². The van der Waals surface area contributed by atoms with Gasteiger partial charge in [-0.3, -0.25) is 4.79 Å². The summed E-state index contributed by atoms with van der Waals surface area (Å²) in [4.78, 5) is 14.4. The van der Waals surface area contributed by atoms with Crippen LogP contribution in [0.5, 0.6) is 11.5 Å². The standard InChI is InChI=1S/C19H21FN2O3/c1-24-17-6-2-3-7-18(17)25-13-19(23)21-15-12-14(20)8-9-16(15)22-10-4-5-11-22/h2-3,6-9,12H,4-5,10-11,13H2,1H3,(H,21,23). The smallest absolute Gasteiger partial charge is 0.262 e. The molecule has 0 radical (unpaired) electrons. The maximum absolute atomic E-state index is 13.6. The lowest BCUT2D eigenvalue weighted by Gasteiger charge is -2.21. The van der Waals surface area contributed by atoms with Crippen LogP contribution in [0.1, 0.15) is 12.8 Å². The maximum Gasteiger partial charge on any atom is 0.262 e. The van der Waals surface area contributed by atoms with Gasteiger partial charge in [-0.1, -0.05) is 12.1 Å². The van der Waals surface area contributed by atoms with Gasteiger partial charge < -0.3 is 19.7 Å². The molecule has 25 heavy (non-hydrogen) atoms. The number of carbonyl (C=O) groups is 1. The van der Waals surface area contributed by atoms with Crippen LogP contribution in [0.15, 0.2) is 42.5 Å². The Bertz CT molecular complexity index is 745. The zero-order valence-corrected chi connectivity index (χ0v) is 14.1. The van der Waals surface area contributed by atoms with Gasteiger partial charge in [-0.2, -0.15) is 0 Å². The number of nitrogens with zero attached hydrogens (tertiary/aromatic N) is 1. The first-order valence-corrected chi connectivity index (χ1v) is 8.27. The Hall–Kier alpha value is -2.76. The number of rotatable bonds is 6. The largest absolute Gasteiger partial charge is 0.493 e. The lowest BCUT2D eigenvalue weighted by atomic mass is 10.2. The van der Waals surface area contributed by atoms with Crippen molar-refractivity contribution in [2.45, 2.75) is 12.8 Å². The van der Waals surface area contributed by atoms with Gasteiger partial charge in [0.2, 0.25) is 0 Å². The molecular weight excluding hydrogens is 323 g/mol. The van der Waals surface area contributed by atoms with E-state index in [2.05, 4.69) is 10.2 Å². The van der Waals surface area contributed by atoms with Gasteiger partial charge in [0.25, 0.3) is 5.91 Å². The van der Waals surface area contributed by atoms with Crippen molar-refractivity contribution < 1.29 is 18.7 Å². The van der Waals surface area contributed by atoms with E-state index < -0.39 is 0 Å². The fourth-order valence-corrected chi connectivity index (χ4v) is 2.91.